The first-order chi connectivity index (χ1) is 12.0. The molecule has 4 unspecified atom stereocenters. The van der Waals surface area contributed by atoms with E-state index in [9.17, 15) is 4.79 Å². The zero-order chi connectivity index (χ0) is 17.6. The van der Waals surface area contributed by atoms with Gasteiger partial charge in [0.15, 0.2) is 0 Å². The summed E-state index contributed by atoms with van der Waals surface area (Å²) >= 11 is 0. The largest absolute Gasteiger partial charge is 0.496 e. The SMILES string of the molecule is COc1cccc(OC)c1C(=O)NCC1(C)C=C2CC3CC(CC23)C1. The minimum absolute atomic E-state index is 0.0467. The number of hydrogen-bond donors (Lipinski definition) is 1. The molecule has 1 N–H and O–H groups in total. The normalized spacial score (nSPS) is 32.3. The monoisotopic (exact) mass is 341 g/mol. The Hall–Kier alpha value is -1.97. The first kappa shape index (κ1) is 16.5. The number of allylic oxidation sites excluding steroid dienone is 1. The van der Waals surface area contributed by atoms with Gasteiger partial charge in [0.2, 0.25) is 0 Å². The maximum atomic E-state index is 12.8. The van der Waals surface area contributed by atoms with E-state index in [1.807, 2.05) is 6.07 Å². The number of methoxy groups -OCH3 is 2. The molecule has 1 amide bonds. The van der Waals surface area contributed by atoms with Crippen LogP contribution in [0.1, 0.15) is 43.0 Å². The zero-order valence-electron chi connectivity index (χ0n) is 15.3. The smallest absolute Gasteiger partial charge is 0.258 e. The number of benzene rings is 1. The number of nitrogens with one attached hydrogen (secondary N) is 1. The van der Waals surface area contributed by atoms with Gasteiger partial charge in [0.25, 0.3) is 5.91 Å². The molecule has 0 heterocycles. The minimum Gasteiger partial charge on any atom is -0.496 e. The van der Waals surface area contributed by atoms with E-state index in [-0.39, 0.29) is 11.3 Å². The van der Waals surface area contributed by atoms with E-state index in [4.69, 9.17) is 9.47 Å². The highest BCUT2D eigenvalue weighted by molar-refractivity contribution is 5.99. The molecule has 2 fully saturated rings. The predicted octanol–water partition coefficient (Wildman–Crippen LogP) is 3.82. The van der Waals surface area contributed by atoms with Gasteiger partial charge in [-0.3, -0.25) is 4.79 Å². The van der Waals surface area contributed by atoms with Crippen LogP contribution < -0.4 is 14.8 Å². The molecule has 3 aliphatic rings. The van der Waals surface area contributed by atoms with Gasteiger partial charge in [-0.05, 0) is 55.6 Å². The molecular formula is C21H27NO3. The molecule has 0 spiro atoms. The first-order valence-corrected chi connectivity index (χ1v) is 9.24. The first-order valence-electron chi connectivity index (χ1n) is 9.24. The van der Waals surface area contributed by atoms with Crippen LogP contribution in [0.3, 0.4) is 0 Å². The summed E-state index contributed by atoms with van der Waals surface area (Å²) in [4.78, 5) is 12.8. The van der Waals surface area contributed by atoms with Crippen molar-refractivity contribution >= 4 is 5.91 Å². The Bertz CT molecular complexity index is 704. The molecule has 2 bridgehead atoms. The third-order valence-electron chi connectivity index (χ3n) is 6.36. The number of amides is 1. The fourth-order valence-corrected chi connectivity index (χ4v) is 5.28. The van der Waals surface area contributed by atoms with Crippen molar-refractivity contribution in [1.29, 1.82) is 0 Å². The fourth-order valence-electron chi connectivity index (χ4n) is 5.28. The summed E-state index contributed by atoms with van der Waals surface area (Å²) in [6.07, 6.45) is 7.66. The summed E-state index contributed by atoms with van der Waals surface area (Å²) in [6.45, 7) is 2.94. The Labute approximate surface area is 149 Å². The van der Waals surface area contributed by atoms with Gasteiger partial charge in [-0.25, -0.2) is 0 Å². The number of fused-ring (bicyclic) bond motifs is 1. The third kappa shape index (κ3) is 2.82. The molecule has 25 heavy (non-hydrogen) atoms. The van der Waals surface area contributed by atoms with E-state index in [1.165, 1.54) is 25.7 Å². The van der Waals surface area contributed by atoms with Gasteiger partial charge in [0, 0.05) is 12.0 Å². The lowest BCUT2D eigenvalue weighted by Gasteiger charge is -2.38. The summed E-state index contributed by atoms with van der Waals surface area (Å²) in [6, 6.07) is 5.41. The Morgan fingerprint density at radius 2 is 1.96 bits per heavy atom. The molecular weight excluding hydrogens is 314 g/mol. The molecule has 3 aliphatic carbocycles. The number of carbonyl (C=O) groups is 1. The molecule has 0 saturated heterocycles. The van der Waals surface area contributed by atoms with Crippen LogP contribution in [-0.2, 0) is 0 Å². The van der Waals surface area contributed by atoms with Crippen molar-refractivity contribution in [2.75, 3.05) is 20.8 Å². The van der Waals surface area contributed by atoms with Gasteiger partial charge in [0.1, 0.15) is 17.1 Å². The Morgan fingerprint density at radius 3 is 2.64 bits per heavy atom. The minimum atomic E-state index is -0.130. The number of rotatable bonds is 5. The topological polar surface area (TPSA) is 47.6 Å². The molecule has 4 atom stereocenters. The van der Waals surface area contributed by atoms with Gasteiger partial charge in [-0.1, -0.05) is 24.6 Å². The van der Waals surface area contributed by atoms with Crippen molar-refractivity contribution in [1.82, 2.24) is 5.32 Å². The summed E-state index contributed by atoms with van der Waals surface area (Å²) in [5.74, 6) is 3.57. The van der Waals surface area contributed by atoms with Crippen molar-refractivity contribution in [2.45, 2.75) is 32.6 Å². The van der Waals surface area contributed by atoms with Gasteiger partial charge < -0.3 is 14.8 Å². The second-order valence-electron chi connectivity index (χ2n) is 8.21. The Morgan fingerprint density at radius 1 is 1.24 bits per heavy atom. The quantitative estimate of drug-likeness (QED) is 0.828. The molecule has 0 aliphatic heterocycles. The maximum absolute atomic E-state index is 12.8. The average Bonchev–Trinajstić information content (AvgIpc) is 2.86. The molecule has 0 radical (unpaired) electrons. The summed E-state index contributed by atoms with van der Waals surface area (Å²) in [5.41, 5.74) is 2.16. The highest BCUT2D eigenvalue weighted by Gasteiger charge is 2.48. The average molecular weight is 341 g/mol. The molecule has 1 aromatic rings. The lowest BCUT2D eigenvalue weighted by Crippen LogP contribution is -2.37. The summed E-state index contributed by atoms with van der Waals surface area (Å²) < 4.78 is 10.7. The third-order valence-corrected chi connectivity index (χ3v) is 6.36. The standard InChI is InChI=1S/C21H27NO3/c1-21(10-13-7-14-9-15(11-21)16(14)8-13)12-22-20(23)19-17(24-2)5-4-6-18(19)25-3/h4-6,11,13-14,16H,7-10,12H2,1-3H3,(H,22,23). The number of carbonyl (C=O) groups excluding carboxylic acids is 1. The van der Waals surface area contributed by atoms with Crippen LogP contribution in [0.2, 0.25) is 0 Å². The lowest BCUT2D eigenvalue weighted by molar-refractivity contribution is 0.0929. The fraction of sp³-hybridized carbons (Fsp3) is 0.571. The van der Waals surface area contributed by atoms with Gasteiger partial charge in [-0.2, -0.15) is 0 Å². The predicted molar refractivity (Wildman–Crippen MR) is 97.0 cm³/mol. The summed E-state index contributed by atoms with van der Waals surface area (Å²) in [5, 5.41) is 3.14. The van der Waals surface area contributed by atoms with Crippen molar-refractivity contribution < 1.29 is 14.3 Å². The second kappa shape index (κ2) is 6.08. The Balaban J connectivity index is 1.51. The van der Waals surface area contributed by atoms with Gasteiger partial charge in [0.05, 0.1) is 14.2 Å². The Kier molecular flexibility index (Phi) is 4.01. The van der Waals surface area contributed by atoms with E-state index in [0.717, 1.165) is 17.8 Å². The van der Waals surface area contributed by atoms with Crippen LogP contribution in [0.15, 0.2) is 29.8 Å². The van der Waals surface area contributed by atoms with E-state index < -0.39 is 0 Å². The molecule has 2 saturated carbocycles. The van der Waals surface area contributed by atoms with Crippen LogP contribution in [0, 0.1) is 23.2 Å². The van der Waals surface area contributed by atoms with Gasteiger partial charge in [-0.15, -0.1) is 0 Å². The van der Waals surface area contributed by atoms with Crippen LogP contribution in [0.25, 0.3) is 0 Å². The van der Waals surface area contributed by atoms with Crippen molar-refractivity contribution in [3.05, 3.63) is 35.4 Å². The lowest BCUT2D eigenvalue weighted by atomic mass is 9.67. The van der Waals surface area contributed by atoms with E-state index >= 15 is 0 Å². The van der Waals surface area contributed by atoms with Crippen LogP contribution in [0.4, 0.5) is 0 Å². The molecule has 4 heteroatoms. The maximum Gasteiger partial charge on any atom is 0.258 e. The molecule has 0 aromatic heterocycles. The molecule has 1 aromatic carbocycles. The van der Waals surface area contributed by atoms with Crippen LogP contribution in [-0.4, -0.2) is 26.7 Å². The van der Waals surface area contributed by atoms with Crippen LogP contribution in [0.5, 0.6) is 11.5 Å². The summed E-state index contributed by atoms with van der Waals surface area (Å²) in [7, 11) is 3.15. The van der Waals surface area contributed by atoms with Crippen LogP contribution >= 0.6 is 0 Å². The van der Waals surface area contributed by atoms with Crippen molar-refractivity contribution in [2.24, 2.45) is 23.2 Å². The van der Waals surface area contributed by atoms with E-state index in [1.54, 1.807) is 31.9 Å². The highest BCUT2D eigenvalue weighted by atomic mass is 16.5. The van der Waals surface area contributed by atoms with Crippen molar-refractivity contribution in [3.63, 3.8) is 0 Å². The molecule has 134 valence electrons. The van der Waals surface area contributed by atoms with E-state index in [0.29, 0.717) is 23.6 Å². The zero-order valence-corrected chi connectivity index (χ0v) is 15.3. The second-order valence-corrected chi connectivity index (χ2v) is 8.21. The van der Waals surface area contributed by atoms with Crippen molar-refractivity contribution in [3.8, 4) is 11.5 Å². The van der Waals surface area contributed by atoms with E-state index in [2.05, 4.69) is 18.3 Å². The molecule has 4 rings (SSSR count). The molecule has 4 nitrogen and oxygen atoms in total. The number of ether oxygens (including phenoxy) is 2. The van der Waals surface area contributed by atoms with Gasteiger partial charge >= 0.3 is 0 Å². The highest BCUT2D eigenvalue weighted by Crippen LogP contribution is 2.58. The number of hydrogen-bond acceptors (Lipinski definition) is 3.